The molecule has 0 amide bonds. The second-order valence-electron chi connectivity index (χ2n) is 3.96. The van der Waals surface area contributed by atoms with Crippen molar-refractivity contribution < 1.29 is 19.0 Å². The molecule has 0 spiro atoms. The van der Waals surface area contributed by atoms with Crippen molar-refractivity contribution in [2.75, 3.05) is 20.8 Å². The van der Waals surface area contributed by atoms with Gasteiger partial charge < -0.3 is 14.2 Å². The third-order valence-electron chi connectivity index (χ3n) is 2.81. The van der Waals surface area contributed by atoms with Gasteiger partial charge in [0.1, 0.15) is 0 Å². The maximum atomic E-state index is 12.2. The quantitative estimate of drug-likeness (QED) is 0.768. The molecule has 1 heterocycles. The highest BCUT2D eigenvalue weighted by Gasteiger charge is 2.17. The normalized spacial score (nSPS) is 14.4. The first-order chi connectivity index (χ1) is 8.76. The van der Waals surface area contributed by atoms with Crippen molar-refractivity contribution in [3.8, 4) is 11.5 Å². The first-order valence-electron chi connectivity index (χ1n) is 5.86. The van der Waals surface area contributed by atoms with Crippen LogP contribution in [0, 0.1) is 0 Å². The Morgan fingerprint density at radius 2 is 2.00 bits per heavy atom. The van der Waals surface area contributed by atoms with Gasteiger partial charge >= 0.3 is 0 Å². The van der Waals surface area contributed by atoms with Gasteiger partial charge in [-0.15, -0.1) is 0 Å². The van der Waals surface area contributed by atoms with Crippen LogP contribution in [0.1, 0.15) is 23.2 Å². The van der Waals surface area contributed by atoms with Crippen LogP contribution >= 0.6 is 0 Å². The molecule has 2 rings (SSSR count). The van der Waals surface area contributed by atoms with Crippen LogP contribution < -0.4 is 9.47 Å². The molecule has 1 aliphatic heterocycles. The predicted molar refractivity (Wildman–Crippen MR) is 67.1 cm³/mol. The van der Waals surface area contributed by atoms with E-state index in [1.54, 1.807) is 32.4 Å². The summed E-state index contributed by atoms with van der Waals surface area (Å²) in [6.07, 6.45) is 3.68. The molecule has 4 nitrogen and oxygen atoms in total. The van der Waals surface area contributed by atoms with E-state index in [1.165, 1.54) is 0 Å². The molecule has 0 aromatic heterocycles. The summed E-state index contributed by atoms with van der Waals surface area (Å²) in [5.74, 6) is 1.46. The molecular weight excluding hydrogens is 232 g/mol. The van der Waals surface area contributed by atoms with E-state index in [-0.39, 0.29) is 5.78 Å². The number of carbonyl (C=O) groups excluding carboxylic acids is 1. The standard InChI is InChI=1S/C14H16O4/c1-16-11-7-6-10(9-13(11)17-2)14(15)12-5-3-4-8-18-12/h5-7,9H,3-4,8H2,1-2H3. The Labute approximate surface area is 106 Å². The molecule has 0 saturated heterocycles. The zero-order valence-corrected chi connectivity index (χ0v) is 10.6. The van der Waals surface area contributed by atoms with E-state index in [9.17, 15) is 4.79 Å². The van der Waals surface area contributed by atoms with Crippen molar-refractivity contribution in [1.29, 1.82) is 0 Å². The van der Waals surface area contributed by atoms with Crippen molar-refractivity contribution >= 4 is 5.78 Å². The van der Waals surface area contributed by atoms with Crippen LogP contribution in [0.15, 0.2) is 30.0 Å². The lowest BCUT2D eigenvalue weighted by Gasteiger charge is -2.14. The number of ketones is 1. The van der Waals surface area contributed by atoms with Gasteiger partial charge in [-0.05, 0) is 37.1 Å². The Balaban J connectivity index is 2.27. The van der Waals surface area contributed by atoms with E-state index in [0.717, 1.165) is 12.8 Å². The molecular formula is C14H16O4. The lowest BCUT2D eigenvalue weighted by molar-refractivity contribution is 0.0898. The van der Waals surface area contributed by atoms with Crippen molar-refractivity contribution in [3.05, 3.63) is 35.6 Å². The largest absolute Gasteiger partial charge is 0.493 e. The topological polar surface area (TPSA) is 44.8 Å². The highest BCUT2D eigenvalue weighted by atomic mass is 16.5. The molecule has 1 aromatic rings. The Bertz CT molecular complexity index is 477. The number of carbonyl (C=O) groups is 1. The van der Waals surface area contributed by atoms with Crippen LogP contribution in [-0.4, -0.2) is 26.6 Å². The van der Waals surface area contributed by atoms with Gasteiger partial charge in [0.2, 0.25) is 5.78 Å². The fourth-order valence-corrected chi connectivity index (χ4v) is 1.84. The fourth-order valence-electron chi connectivity index (χ4n) is 1.84. The van der Waals surface area contributed by atoms with Crippen LogP contribution in [0.4, 0.5) is 0 Å². The van der Waals surface area contributed by atoms with E-state index < -0.39 is 0 Å². The molecule has 18 heavy (non-hydrogen) atoms. The molecule has 0 bridgehead atoms. The lowest BCUT2D eigenvalue weighted by Crippen LogP contribution is -2.11. The predicted octanol–water partition coefficient (Wildman–Crippen LogP) is 2.58. The number of allylic oxidation sites excluding steroid dienone is 2. The molecule has 0 unspecified atom stereocenters. The summed E-state index contributed by atoms with van der Waals surface area (Å²) < 4.78 is 15.7. The van der Waals surface area contributed by atoms with Crippen molar-refractivity contribution in [3.63, 3.8) is 0 Å². The number of benzene rings is 1. The minimum Gasteiger partial charge on any atom is -0.493 e. The smallest absolute Gasteiger partial charge is 0.227 e. The van der Waals surface area contributed by atoms with Gasteiger partial charge in [-0.1, -0.05) is 0 Å². The van der Waals surface area contributed by atoms with E-state index >= 15 is 0 Å². The number of rotatable bonds is 4. The summed E-state index contributed by atoms with van der Waals surface area (Å²) in [7, 11) is 3.11. The Morgan fingerprint density at radius 3 is 2.61 bits per heavy atom. The summed E-state index contributed by atoms with van der Waals surface area (Å²) >= 11 is 0. The summed E-state index contributed by atoms with van der Waals surface area (Å²) in [6.45, 7) is 0.602. The highest BCUT2D eigenvalue weighted by Crippen LogP contribution is 2.29. The van der Waals surface area contributed by atoms with Gasteiger partial charge in [-0.3, -0.25) is 4.79 Å². The number of methoxy groups -OCH3 is 2. The lowest BCUT2D eigenvalue weighted by atomic mass is 10.1. The van der Waals surface area contributed by atoms with Crippen molar-refractivity contribution in [1.82, 2.24) is 0 Å². The summed E-state index contributed by atoms with van der Waals surface area (Å²) in [4.78, 5) is 12.2. The minimum absolute atomic E-state index is 0.115. The maximum absolute atomic E-state index is 12.2. The monoisotopic (exact) mass is 248 g/mol. The highest BCUT2D eigenvalue weighted by molar-refractivity contribution is 6.07. The van der Waals surface area contributed by atoms with E-state index in [1.807, 2.05) is 6.08 Å². The van der Waals surface area contributed by atoms with Gasteiger partial charge in [0.05, 0.1) is 20.8 Å². The molecule has 0 saturated carbocycles. The van der Waals surface area contributed by atoms with Crippen LogP contribution in [0.5, 0.6) is 11.5 Å². The third-order valence-corrected chi connectivity index (χ3v) is 2.81. The second-order valence-corrected chi connectivity index (χ2v) is 3.96. The van der Waals surface area contributed by atoms with E-state index in [4.69, 9.17) is 14.2 Å². The molecule has 0 radical (unpaired) electrons. The number of hydrogen-bond donors (Lipinski definition) is 0. The molecule has 0 fully saturated rings. The molecule has 4 heteroatoms. The van der Waals surface area contributed by atoms with Crippen molar-refractivity contribution in [2.45, 2.75) is 12.8 Å². The molecule has 0 atom stereocenters. The average molecular weight is 248 g/mol. The Morgan fingerprint density at radius 1 is 1.22 bits per heavy atom. The first kappa shape index (κ1) is 12.5. The summed E-state index contributed by atoms with van der Waals surface area (Å²) in [6, 6.07) is 5.10. The van der Waals surface area contributed by atoms with Gasteiger partial charge in [-0.2, -0.15) is 0 Å². The third kappa shape index (κ3) is 2.47. The van der Waals surface area contributed by atoms with E-state index in [2.05, 4.69) is 0 Å². The summed E-state index contributed by atoms with van der Waals surface area (Å²) in [5.41, 5.74) is 0.542. The maximum Gasteiger partial charge on any atom is 0.227 e. The average Bonchev–Trinajstić information content (AvgIpc) is 2.46. The van der Waals surface area contributed by atoms with E-state index in [0.29, 0.717) is 29.4 Å². The fraction of sp³-hybridized carbons (Fsp3) is 0.357. The van der Waals surface area contributed by atoms with Gasteiger partial charge in [0.15, 0.2) is 17.3 Å². The Kier molecular flexibility index (Phi) is 3.87. The van der Waals surface area contributed by atoms with Gasteiger partial charge in [0, 0.05) is 5.56 Å². The Hall–Kier alpha value is -1.97. The zero-order chi connectivity index (χ0) is 13.0. The number of hydrogen-bond acceptors (Lipinski definition) is 4. The van der Waals surface area contributed by atoms with Crippen LogP contribution in [-0.2, 0) is 4.74 Å². The second kappa shape index (κ2) is 5.58. The van der Waals surface area contributed by atoms with Crippen LogP contribution in [0.2, 0.25) is 0 Å². The van der Waals surface area contributed by atoms with Gasteiger partial charge in [-0.25, -0.2) is 0 Å². The van der Waals surface area contributed by atoms with Crippen molar-refractivity contribution in [2.24, 2.45) is 0 Å². The van der Waals surface area contributed by atoms with Gasteiger partial charge in [0.25, 0.3) is 0 Å². The molecule has 0 aliphatic carbocycles. The minimum atomic E-state index is -0.115. The van der Waals surface area contributed by atoms with Crippen LogP contribution in [0.25, 0.3) is 0 Å². The summed E-state index contributed by atoms with van der Waals surface area (Å²) in [5, 5.41) is 0. The molecule has 0 N–H and O–H groups in total. The molecule has 1 aliphatic rings. The van der Waals surface area contributed by atoms with Crippen LogP contribution in [0.3, 0.4) is 0 Å². The first-order valence-corrected chi connectivity index (χ1v) is 5.86. The molecule has 96 valence electrons. The SMILES string of the molecule is COc1ccc(C(=O)C2=CCCCO2)cc1OC. The number of ether oxygens (including phenoxy) is 3. The number of Topliss-reactive ketones (excluding diaryl/α,β-unsaturated/α-hetero) is 1. The molecule has 1 aromatic carbocycles. The zero-order valence-electron chi connectivity index (χ0n) is 10.6.